The molecule has 2 aliphatic heterocycles. The van der Waals surface area contributed by atoms with Crippen LogP contribution >= 0.6 is 0 Å². The minimum absolute atomic E-state index is 0.0655. The van der Waals surface area contributed by atoms with Crippen LogP contribution in [0, 0.1) is 17.3 Å². The van der Waals surface area contributed by atoms with Crippen LogP contribution in [0.3, 0.4) is 0 Å². The monoisotopic (exact) mass is 376 g/mol. The van der Waals surface area contributed by atoms with E-state index in [-0.39, 0.29) is 5.41 Å². The maximum absolute atomic E-state index is 13.1. The molecule has 2 atom stereocenters. The Labute approximate surface area is 166 Å². The molecule has 0 aromatic rings. The molecule has 0 aromatic carbocycles. The van der Waals surface area contributed by atoms with Crippen molar-refractivity contribution in [1.29, 1.82) is 0 Å². The molecule has 2 amide bonds. The molecule has 0 bridgehead atoms. The number of carbonyl (C=O) groups is 2. The van der Waals surface area contributed by atoms with Gasteiger partial charge in [-0.05, 0) is 68.6 Å². The zero-order valence-corrected chi connectivity index (χ0v) is 17.7. The Morgan fingerprint density at radius 1 is 0.704 bits per heavy atom. The van der Waals surface area contributed by atoms with Gasteiger partial charge in [0.05, 0.1) is 0 Å². The molecule has 2 heterocycles. The van der Waals surface area contributed by atoms with E-state index in [9.17, 15) is 9.59 Å². The van der Waals surface area contributed by atoms with Crippen molar-refractivity contribution in [2.75, 3.05) is 26.2 Å². The fourth-order valence-corrected chi connectivity index (χ4v) is 5.43. The van der Waals surface area contributed by atoms with Crippen molar-refractivity contribution in [3.63, 3.8) is 0 Å². The third-order valence-electron chi connectivity index (χ3n) is 7.46. The zero-order chi connectivity index (χ0) is 19.3. The molecular formula is C23H40N2O2. The van der Waals surface area contributed by atoms with Gasteiger partial charge in [-0.25, -0.2) is 0 Å². The molecular weight excluding hydrogens is 336 g/mol. The average molecular weight is 377 g/mol. The summed E-state index contributed by atoms with van der Waals surface area (Å²) in [5, 5.41) is 0. The van der Waals surface area contributed by atoms with E-state index in [4.69, 9.17) is 0 Å². The van der Waals surface area contributed by atoms with Gasteiger partial charge in [-0.15, -0.1) is 0 Å². The van der Waals surface area contributed by atoms with Crippen LogP contribution < -0.4 is 0 Å². The van der Waals surface area contributed by atoms with E-state index >= 15 is 0 Å². The van der Waals surface area contributed by atoms with Crippen molar-refractivity contribution < 1.29 is 9.59 Å². The van der Waals surface area contributed by atoms with Crippen molar-refractivity contribution in [2.24, 2.45) is 17.3 Å². The van der Waals surface area contributed by atoms with E-state index in [0.717, 1.165) is 76.5 Å². The number of likely N-dealkylation sites (tertiary alicyclic amines) is 2. The second-order valence-electron chi connectivity index (χ2n) is 9.89. The quantitative estimate of drug-likeness (QED) is 0.718. The van der Waals surface area contributed by atoms with Crippen molar-refractivity contribution >= 4 is 11.8 Å². The van der Waals surface area contributed by atoms with Gasteiger partial charge >= 0.3 is 0 Å². The summed E-state index contributed by atoms with van der Waals surface area (Å²) in [5.74, 6) is 2.08. The minimum atomic E-state index is -0.0655. The number of rotatable bonds is 4. The molecule has 3 rings (SSSR count). The molecule has 4 nitrogen and oxygen atoms in total. The molecule has 27 heavy (non-hydrogen) atoms. The fraction of sp³-hybridized carbons (Fsp3) is 0.913. The van der Waals surface area contributed by atoms with Crippen LogP contribution in [0.25, 0.3) is 0 Å². The molecule has 0 spiro atoms. The highest BCUT2D eigenvalue weighted by Gasteiger charge is 2.40. The van der Waals surface area contributed by atoms with Gasteiger partial charge in [0.15, 0.2) is 0 Å². The number of nitrogens with zero attached hydrogens (tertiary/aromatic N) is 2. The molecule has 4 heteroatoms. The van der Waals surface area contributed by atoms with Gasteiger partial charge < -0.3 is 9.80 Å². The van der Waals surface area contributed by atoms with Gasteiger partial charge in [0.2, 0.25) is 11.8 Å². The first-order chi connectivity index (χ1) is 13.0. The van der Waals surface area contributed by atoms with Gasteiger partial charge in [-0.1, -0.05) is 26.7 Å². The summed E-state index contributed by atoms with van der Waals surface area (Å²) in [5.41, 5.74) is -0.0655. The summed E-state index contributed by atoms with van der Waals surface area (Å²) in [4.78, 5) is 30.3. The Morgan fingerprint density at radius 3 is 1.59 bits per heavy atom. The third-order valence-corrected chi connectivity index (χ3v) is 7.46. The molecule has 3 aliphatic rings. The molecule has 3 fully saturated rings. The topological polar surface area (TPSA) is 40.6 Å². The summed E-state index contributed by atoms with van der Waals surface area (Å²) in [6.45, 7) is 8.25. The number of amides is 2. The van der Waals surface area contributed by atoms with E-state index in [1.54, 1.807) is 0 Å². The normalized spacial score (nSPS) is 29.3. The highest BCUT2D eigenvalue weighted by molar-refractivity contribution is 5.80. The largest absolute Gasteiger partial charge is 0.343 e. The Hall–Kier alpha value is -1.06. The van der Waals surface area contributed by atoms with Crippen molar-refractivity contribution in [3.8, 4) is 0 Å². The van der Waals surface area contributed by atoms with E-state index in [0.29, 0.717) is 24.7 Å². The summed E-state index contributed by atoms with van der Waals surface area (Å²) >= 11 is 0. The number of hydrogen-bond acceptors (Lipinski definition) is 2. The van der Waals surface area contributed by atoms with Crippen molar-refractivity contribution in [3.05, 3.63) is 0 Å². The lowest BCUT2D eigenvalue weighted by molar-refractivity contribution is -0.137. The van der Waals surface area contributed by atoms with Crippen molar-refractivity contribution in [1.82, 2.24) is 9.80 Å². The first-order valence-electron chi connectivity index (χ1n) is 11.5. The van der Waals surface area contributed by atoms with Crippen molar-refractivity contribution in [2.45, 2.75) is 90.9 Å². The zero-order valence-electron chi connectivity index (χ0n) is 17.7. The van der Waals surface area contributed by atoms with Crippen LogP contribution in [0.15, 0.2) is 0 Å². The molecule has 154 valence electrons. The van der Waals surface area contributed by atoms with Crippen LogP contribution in [0.5, 0.6) is 0 Å². The first-order valence-corrected chi connectivity index (χ1v) is 11.5. The molecule has 0 aromatic heterocycles. The van der Waals surface area contributed by atoms with Gasteiger partial charge in [-0.3, -0.25) is 9.59 Å². The van der Waals surface area contributed by atoms with Crippen LogP contribution in [0.2, 0.25) is 0 Å². The maximum atomic E-state index is 13.1. The highest BCUT2D eigenvalue weighted by Crippen LogP contribution is 2.45. The molecule has 0 unspecified atom stereocenters. The Kier molecular flexibility index (Phi) is 7.22. The van der Waals surface area contributed by atoms with Gasteiger partial charge in [-0.2, -0.15) is 0 Å². The van der Waals surface area contributed by atoms with Gasteiger partial charge in [0.25, 0.3) is 0 Å². The van der Waals surface area contributed by atoms with E-state index < -0.39 is 0 Å². The fourth-order valence-electron chi connectivity index (χ4n) is 5.43. The van der Waals surface area contributed by atoms with E-state index in [1.165, 1.54) is 25.7 Å². The lowest BCUT2D eigenvalue weighted by atomic mass is 9.78. The summed E-state index contributed by atoms with van der Waals surface area (Å²) in [7, 11) is 0. The lowest BCUT2D eigenvalue weighted by Gasteiger charge is -2.33. The van der Waals surface area contributed by atoms with Gasteiger partial charge in [0, 0.05) is 39.0 Å². The van der Waals surface area contributed by atoms with Crippen LogP contribution in [-0.4, -0.2) is 47.8 Å². The van der Waals surface area contributed by atoms with E-state index in [1.807, 2.05) is 0 Å². The maximum Gasteiger partial charge on any atom is 0.223 e. The molecule has 1 aliphatic carbocycles. The second-order valence-corrected chi connectivity index (χ2v) is 9.89. The molecule has 0 N–H and O–H groups in total. The SMILES string of the molecule is C[C@H]1CCCN(C(=O)CC2(CC(=O)N3CCC[C@H](C)CC3)CCCC2)CC1. The number of hydrogen-bond donors (Lipinski definition) is 0. The Morgan fingerprint density at radius 2 is 1.15 bits per heavy atom. The summed E-state index contributed by atoms with van der Waals surface area (Å²) in [6, 6.07) is 0. The van der Waals surface area contributed by atoms with Crippen LogP contribution in [0.4, 0.5) is 0 Å². The van der Waals surface area contributed by atoms with Crippen LogP contribution in [-0.2, 0) is 9.59 Å². The predicted octanol–water partition coefficient (Wildman–Crippen LogP) is 4.62. The van der Waals surface area contributed by atoms with E-state index in [2.05, 4.69) is 23.6 Å². The first kappa shape index (κ1) is 20.7. The number of carbonyl (C=O) groups excluding carboxylic acids is 2. The standard InChI is InChI=1S/C23H40N2O2/c1-19-7-5-13-24(15-9-19)21(26)17-23(11-3-4-12-23)18-22(27)25-14-6-8-20(2)10-16-25/h19-20H,3-18H2,1-2H3/t19-,20-/m0/s1. The third kappa shape index (κ3) is 5.71. The smallest absolute Gasteiger partial charge is 0.223 e. The second kappa shape index (κ2) is 9.43. The molecule has 0 radical (unpaired) electrons. The predicted molar refractivity (Wildman–Crippen MR) is 109 cm³/mol. The van der Waals surface area contributed by atoms with Gasteiger partial charge in [0.1, 0.15) is 0 Å². The van der Waals surface area contributed by atoms with Crippen LogP contribution in [0.1, 0.15) is 90.9 Å². The Balaban J connectivity index is 1.59. The Bertz CT molecular complexity index is 473. The molecule has 1 saturated carbocycles. The highest BCUT2D eigenvalue weighted by atomic mass is 16.2. The minimum Gasteiger partial charge on any atom is -0.343 e. The lowest BCUT2D eigenvalue weighted by Crippen LogP contribution is -2.40. The average Bonchev–Trinajstić information content (AvgIpc) is 2.82. The summed E-state index contributed by atoms with van der Waals surface area (Å²) < 4.78 is 0. The molecule has 2 saturated heterocycles. The summed E-state index contributed by atoms with van der Waals surface area (Å²) in [6.07, 6.45) is 12.6.